The Morgan fingerprint density at radius 2 is 1.97 bits per heavy atom. The molecule has 0 spiro atoms. The number of benzene rings is 2. The van der Waals surface area contributed by atoms with Crippen LogP contribution in [-0.4, -0.2) is 28.6 Å². The van der Waals surface area contributed by atoms with E-state index in [0.29, 0.717) is 30.2 Å². The van der Waals surface area contributed by atoms with Crippen molar-refractivity contribution in [2.45, 2.75) is 46.4 Å². The van der Waals surface area contributed by atoms with E-state index in [0.717, 1.165) is 22.9 Å². The van der Waals surface area contributed by atoms with Gasteiger partial charge in [-0.3, -0.25) is 4.79 Å². The van der Waals surface area contributed by atoms with Crippen molar-refractivity contribution in [2.75, 3.05) is 6.79 Å². The Kier molecular flexibility index (Phi) is 6.42. The van der Waals surface area contributed by atoms with Crippen molar-refractivity contribution in [2.24, 2.45) is 0 Å². The maximum atomic E-state index is 13.3. The average molecular weight is 439 g/mol. The molecule has 1 atom stereocenters. The molecule has 0 fully saturated rings. The lowest BCUT2D eigenvalue weighted by molar-refractivity contribution is 0.0668. The molecule has 0 saturated carbocycles. The maximum absolute atomic E-state index is 13.3. The minimum Gasteiger partial charge on any atom is -0.486 e. The topological polar surface area (TPSA) is 60.9 Å². The molecule has 1 aliphatic heterocycles. The molecule has 6 nitrogen and oxygen atoms in total. The van der Waals surface area contributed by atoms with Crippen LogP contribution in [0.2, 0.25) is 0 Å². The molecule has 7 heteroatoms. The summed E-state index contributed by atoms with van der Waals surface area (Å²) in [6, 6.07) is 13.4. The van der Waals surface area contributed by atoms with E-state index < -0.39 is 0 Å². The third-order valence-corrected chi connectivity index (χ3v) is 6.19. The zero-order chi connectivity index (χ0) is 21.8. The summed E-state index contributed by atoms with van der Waals surface area (Å²) < 4.78 is 16.6. The van der Waals surface area contributed by atoms with Crippen molar-refractivity contribution >= 4 is 17.2 Å². The lowest BCUT2D eigenvalue weighted by atomic mass is 10.1. The minimum atomic E-state index is -0.0434. The Balaban J connectivity index is 1.44. The maximum Gasteiger partial charge on any atom is 0.254 e. The van der Waals surface area contributed by atoms with Gasteiger partial charge in [0.25, 0.3) is 5.91 Å². The number of rotatable bonds is 8. The van der Waals surface area contributed by atoms with Crippen LogP contribution >= 0.6 is 11.3 Å². The van der Waals surface area contributed by atoms with E-state index in [1.165, 1.54) is 5.56 Å². The summed E-state index contributed by atoms with van der Waals surface area (Å²) in [4.78, 5) is 19.8. The van der Waals surface area contributed by atoms with Gasteiger partial charge in [-0.25, -0.2) is 4.98 Å². The van der Waals surface area contributed by atoms with Crippen LogP contribution in [0.4, 0.5) is 0 Å². The number of thiazole rings is 1. The van der Waals surface area contributed by atoms with Gasteiger partial charge in [-0.2, -0.15) is 0 Å². The first-order valence-corrected chi connectivity index (χ1v) is 11.2. The van der Waals surface area contributed by atoms with Crippen LogP contribution in [0.15, 0.2) is 47.8 Å². The number of carbonyl (C=O) groups is 1. The molecule has 0 N–H and O–H groups in total. The molecule has 0 saturated heterocycles. The first-order chi connectivity index (χ1) is 15.0. The molecule has 1 aliphatic rings. The van der Waals surface area contributed by atoms with E-state index in [-0.39, 0.29) is 18.7 Å². The Bertz CT molecular complexity index is 1050. The average Bonchev–Trinajstić information content (AvgIpc) is 3.44. The van der Waals surface area contributed by atoms with Gasteiger partial charge in [0.05, 0.1) is 12.2 Å². The van der Waals surface area contributed by atoms with Crippen molar-refractivity contribution in [1.82, 2.24) is 9.88 Å². The summed E-state index contributed by atoms with van der Waals surface area (Å²) in [7, 11) is 0. The van der Waals surface area contributed by atoms with Crippen molar-refractivity contribution in [3.8, 4) is 17.2 Å². The van der Waals surface area contributed by atoms with Gasteiger partial charge in [-0.05, 0) is 50.6 Å². The van der Waals surface area contributed by atoms with Crippen LogP contribution in [-0.2, 0) is 13.2 Å². The van der Waals surface area contributed by atoms with Gasteiger partial charge in [0, 0.05) is 17.0 Å². The Hall–Kier alpha value is -3.06. The number of amides is 1. The molecular weight excluding hydrogens is 412 g/mol. The van der Waals surface area contributed by atoms with Crippen LogP contribution in [0.3, 0.4) is 0 Å². The van der Waals surface area contributed by atoms with E-state index in [1.807, 2.05) is 41.5 Å². The molecule has 0 bridgehead atoms. The van der Waals surface area contributed by atoms with Crippen LogP contribution in [0, 0.1) is 6.92 Å². The number of aromatic nitrogens is 1. The first-order valence-electron chi connectivity index (χ1n) is 10.4. The second-order valence-electron chi connectivity index (χ2n) is 7.59. The standard InChI is InChI=1S/C24H26N2O4S/c1-4-17(3)26(24(27)18-7-10-21-22(11-18)30-15-29-21)12-19-14-31-23(25-19)13-28-20-8-5-16(2)6-9-20/h5-11,14,17H,4,12-13,15H2,1-3H3/t17-/m0/s1. The van der Waals surface area contributed by atoms with E-state index in [1.54, 1.807) is 29.5 Å². The molecule has 1 aromatic heterocycles. The third kappa shape index (κ3) is 4.99. The summed E-state index contributed by atoms with van der Waals surface area (Å²) in [5.74, 6) is 2.06. The third-order valence-electron chi connectivity index (χ3n) is 5.32. The van der Waals surface area contributed by atoms with Gasteiger partial charge in [-0.15, -0.1) is 11.3 Å². The highest BCUT2D eigenvalue weighted by Crippen LogP contribution is 2.33. The van der Waals surface area contributed by atoms with Gasteiger partial charge >= 0.3 is 0 Å². The fourth-order valence-corrected chi connectivity index (χ4v) is 3.98. The second kappa shape index (κ2) is 9.39. The molecule has 3 aromatic rings. The number of aryl methyl sites for hydroxylation is 1. The summed E-state index contributed by atoms with van der Waals surface area (Å²) in [5, 5.41) is 2.88. The zero-order valence-electron chi connectivity index (χ0n) is 18.0. The molecule has 162 valence electrons. The second-order valence-corrected chi connectivity index (χ2v) is 8.54. The highest BCUT2D eigenvalue weighted by Gasteiger charge is 2.24. The molecular formula is C24H26N2O4S. The molecule has 0 aliphatic carbocycles. The first kappa shape index (κ1) is 21.2. The fraction of sp³-hybridized carbons (Fsp3) is 0.333. The van der Waals surface area contributed by atoms with Crippen molar-refractivity contribution in [3.05, 3.63) is 69.7 Å². The monoisotopic (exact) mass is 438 g/mol. The molecule has 31 heavy (non-hydrogen) atoms. The number of fused-ring (bicyclic) bond motifs is 1. The SMILES string of the molecule is CC[C@H](C)N(Cc1csc(COc2ccc(C)cc2)n1)C(=O)c1ccc2c(c1)OCO2. The number of hydrogen-bond donors (Lipinski definition) is 0. The van der Waals surface area contributed by atoms with Gasteiger partial charge in [-0.1, -0.05) is 24.6 Å². The van der Waals surface area contributed by atoms with Crippen molar-refractivity contribution < 1.29 is 19.0 Å². The summed E-state index contributed by atoms with van der Waals surface area (Å²) in [6.07, 6.45) is 0.851. The predicted molar refractivity (Wildman–Crippen MR) is 120 cm³/mol. The highest BCUT2D eigenvalue weighted by molar-refractivity contribution is 7.09. The lowest BCUT2D eigenvalue weighted by Gasteiger charge is -2.28. The molecule has 2 heterocycles. The quantitative estimate of drug-likeness (QED) is 0.484. The summed E-state index contributed by atoms with van der Waals surface area (Å²) in [5.41, 5.74) is 2.64. The number of hydrogen-bond acceptors (Lipinski definition) is 6. The Morgan fingerprint density at radius 3 is 2.74 bits per heavy atom. The molecule has 0 unspecified atom stereocenters. The van der Waals surface area contributed by atoms with E-state index >= 15 is 0 Å². The summed E-state index contributed by atoms with van der Waals surface area (Å²) in [6.45, 7) is 7.22. The lowest BCUT2D eigenvalue weighted by Crippen LogP contribution is -2.37. The Morgan fingerprint density at radius 1 is 1.19 bits per heavy atom. The summed E-state index contributed by atoms with van der Waals surface area (Å²) >= 11 is 1.55. The van der Waals surface area contributed by atoms with Gasteiger partial charge in [0.15, 0.2) is 11.5 Å². The van der Waals surface area contributed by atoms with Crippen LogP contribution in [0.25, 0.3) is 0 Å². The van der Waals surface area contributed by atoms with Gasteiger partial charge in [0.2, 0.25) is 6.79 Å². The number of nitrogens with zero attached hydrogens (tertiary/aromatic N) is 2. The number of ether oxygens (including phenoxy) is 3. The smallest absolute Gasteiger partial charge is 0.254 e. The van der Waals surface area contributed by atoms with E-state index in [9.17, 15) is 4.79 Å². The van der Waals surface area contributed by atoms with Crippen LogP contribution in [0.1, 0.15) is 46.9 Å². The van der Waals surface area contributed by atoms with Gasteiger partial charge in [0.1, 0.15) is 17.4 Å². The van der Waals surface area contributed by atoms with Gasteiger partial charge < -0.3 is 19.1 Å². The normalized spacial score (nSPS) is 13.1. The van der Waals surface area contributed by atoms with Crippen molar-refractivity contribution in [1.29, 1.82) is 0 Å². The zero-order valence-corrected chi connectivity index (χ0v) is 18.8. The minimum absolute atomic E-state index is 0.0434. The van der Waals surface area contributed by atoms with Crippen molar-refractivity contribution in [3.63, 3.8) is 0 Å². The predicted octanol–water partition coefficient (Wildman–Crippen LogP) is 5.20. The molecule has 1 amide bonds. The van der Waals surface area contributed by atoms with E-state index in [4.69, 9.17) is 14.2 Å². The fourth-order valence-electron chi connectivity index (χ4n) is 3.29. The largest absolute Gasteiger partial charge is 0.486 e. The van der Waals surface area contributed by atoms with Crippen LogP contribution in [0.5, 0.6) is 17.2 Å². The van der Waals surface area contributed by atoms with Crippen LogP contribution < -0.4 is 14.2 Å². The number of carbonyl (C=O) groups excluding carboxylic acids is 1. The Labute approximate surface area is 186 Å². The highest BCUT2D eigenvalue weighted by atomic mass is 32.1. The molecule has 0 radical (unpaired) electrons. The van der Waals surface area contributed by atoms with E-state index in [2.05, 4.69) is 18.8 Å². The molecule has 2 aromatic carbocycles. The molecule has 4 rings (SSSR count).